The number of hydrogen-bond acceptors (Lipinski definition) is 3. The number of hydrogen-bond donors (Lipinski definition) is 1. The summed E-state index contributed by atoms with van der Waals surface area (Å²) < 4.78 is 45.3. The molecule has 1 amide bonds. The van der Waals surface area contributed by atoms with Crippen molar-refractivity contribution >= 4 is 6.09 Å². The lowest BCUT2D eigenvalue weighted by molar-refractivity contribution is -0.132. The van der Waals surface area contributed by atoms with Crippen LogP contribution in [-0.2, 0) is 4.74 Å². The van der Waals surface area contributed by atoms with Gasteiger partial charge in [-0.2, -0.15) is 13.2 Å². The average molecular weight is 443 g/mol. The topological polar surface area (TPSA) is 49.8 Å². The van der Waals surface area contributed by atoms with Crippen LogP contribution in [0.25, 0.3) is 11.1 Å². The summed E-state index contributed by atoms with van der Waals surface area (Å²) in [6.07, 6.45) is -4.46. The molecule has 0 radical (unpaired) electrons. The molecule has 1 N–H and O–H groups in total. The minimum atomic E-state index is -4.67. The van der Waals surface area contributed by atoms with Gasteiger partial charge in [0.15, 0.2) is 0 Å². The average Bonchev–Trinajstić information content (AvgIpc) is 3.23. The number of benzene rings is 2. The Balaban J connectivity index is 1.31. The lowest BCUT2D eigenvalue weighted by Gasteiger charge is -2.44. The van der Waals surface area contributed by atoms with Crippen molar-refractivity contribution in [1.82, 2.24) is 4.90 Å². The highest BCUT2D eigenvalue weighted by Gasteiger charge is 2.55. The first-order valence-corrected chi connectivity index (χ1v) is 10.8. The van der Waals surface area contributed by atoms with E-state index in [2.05, 4.69) is 18.7 Å². The number of halogens is 3. The number of ether oxygens (including phenoxy) is 1. The molecule has 32 heavy (non-hydrogen) atoms. The maximum Gasteiger partial charge on any atom is 0.414 e. The third kappa shape index (κ3) is 3.30. The van der Waals surface area contributed by atoms with Gasteiger partial charge in [0, 0.05) is 30.8 Å². The SMILES string of the molecule is C=C(C(F)(F)F)C1(O)CC2CCC(C1)N2C(=O)OCC1c2ccccc2-c2ccccc21. The summed E-state index contributed by atoms with van der Waals surface area (Å²) in [5, 5.41) is 10.7. The van der Waals surface area contributed by atoms with Crippen LogP contribution in [-0.4, -0.2) is 46.6 Å². The van der Waals surface area contributed by atoms with Crippen LogP contribution in [0.5, 0.6) is 0 Å². The summed E-state index contributed by atoms with van der Waals surface area (Å²) >= 11 is 0. The number of amides is 1. The second-order valence-electron chi connectivity index (χ2n) is 9.01. The van der Waals surface area contributed by atoms with Crippen molar-refractivity contribution in [2.24, 2.45) is 0 Å². The monoisotopic (exact) mass is 443 g/mol. The molecule has 7 heteroatoms. The predicted molar refractivity (Wildman–Crippen MR) is 113 cm³/mol. The van der Waals surface area contributed by atoms with Crippen LogP contribution in [0.1, 0.15) is 42.7 Å². The van der Waals surface area contributed by atoms with E-state index in [1.807, 2.05) is 36.4 Å². The van der Waals surface area contributed by atoms with Gasteiger partial charge in [-0.05, 0) is 35.1 Å². The van der Waals surface area contributed by atoms with Gasteiger partial charge in [-0.1, -0.05) is 55.1 Å². The molecule has 2 aliphatic heterocycles. The van der Waals surface area contributed by atoms with Crippen LogP contribution >= 0.6 is 0 Å². The second kappa shape index (κ2) is 7.37. The summed E-state index contributed by atoms with van der Waals surface area (Å²) in [7, 11) is 0. The summed E-state index contributed by atoms with van der Waals surface area (Å²) in [5.74, 6) is -0.0873. The molecule has 0 saturated carbocycles. The predicted octanol–water partition coefficient (Wildman–Crippen LogP) is 5.41. The van der Waals surface area contributed by atoms with E-state index in [0.717, 1.165) is 22.3 Å². The van der Waals surface area contributed by atoms with E-state index in [1.165, 1.54) is 4.90 Å². The Labute approximate surface area is 184 Å². The first kappa shape index (κ1) is 21.1. The Bertz CT molecular complexity index is 1020. The zero-order valence-electron chi connectivity index (χ0n) is 17.4. The first-order chi connectivity index (χ1) is 15.2. The quantitative estimate of drug-likeness (QED) is 0.646. The smallest absolute Gasteiger partial charge is 0.414 e. The molecule has 2 aromatic carbocycles. The van der Waals surface area contributed by atoms with Crippen LogP contribution in [0.4, 0.5) is 18.0 Å². The fourth-order valence-corrected chi connectivity index (χ4v) is 5.70. The third-order valence-electron chi connectivity index (χ3n) is 7.22. The number of carbonyl (C=O) groups is 1. The number of aliphatic hydroxyl groups is 1. The summed E-state index contributed by atoms with van der Waals surface area (Å²) in [4.78, 5) is 14.5. The molecule has 2 saturated heterocycles. The van der Waals surface area contributed by atoms with E-state index >= 15 is 0 Å². The number of piperidine rings is 1. The fourth-order valence-electron chi connectivity index (χ4n) is 5.70. The second-order valence-corrected chi connectivity index (χ2v) is 9.01. The van der Waals surface area contributed by atoms with Crippen molar-refractivity contribution in [2.45, 2.75) is 55.5 Å². The van der Waals surface area contributed by atoms with Gasteiger partial charge in [-0.15, -0.1) is 0 Å². The van der Waals surface area contributed by atoms with Gasteiger partial charge >= 0.3 is 12.3 Å². The van der Waals surface area contributed by atoms with Crippen molar-refractivity contribution in [2.75, 3.05) is 6.61 Å². The third-order valence-corrected chi connectivity index (χ3v) is 7.22. The minimum absolute atomic E-state index is 0.0873. The number of nitrogens with zero attached hydrogens (tertiary/aromatic N) is 1. The Morgan fingerprint density at radius 1 is 1.03 bits per heavy atom. The van der Waals surface area contributed by atoms with Crippen LogP contribution < -0.4 is 0 Å². The molecule has 2 aromatic rings. The number of fused-ring (bicyclic) bond motifs is 5. The van der Waals surface area contributed by atoms with Crippen LogP contribution in [0.2, 0.25) is 0 Å². The Hall–Kier alpha value is -2.80. The van der Waals surface area contributed by atoms with Gasteiger partial charge in [0.25, 0.3) is 0 Å². The maximum absolute atomic E-state index is 13.2. The Morgan fingerprint density at radius 2 is 1.53 bits per heavy atom. The van der Waals surface area contributed by atoms with E-state index in [9.17, 15) is 23.1 Å². The van der Waals surface area contributed by atoms with E-state index in [4.69, 9.17) is 4.74 Å². The molecular weight excluding hydrogens is 419 g/mol. The van der Waals surface area contributed by atoms with Gasteiger partial charge in [-0.25, -0.2) is 4.79 Å². The largest absolute Gasteiger partial charge is 0.448 e. The fraction of sp³-hybridized carbons (Fsp3) is 0.400. The van der Waals surface area contributed by atoms with Crippen molar-refractivity contribution in [3.05, 3.63) is 71.8 Å². The van der Waals surface area contributed by atoms with Crippen LogP contribution in [0.3, 0.4) is 0 Å². The number of rotatable bonds is 3. The highest BCUT2D eigenvalue weighted by molar-refractivity contribution is 5.79. The van der Waals surface area contributed by atoms with Crippen molar-refractivity contribution < 1.29 is 27.8 Å². The highest BCUT2D eigenvalue weighted by atomic mass is 19.4. The lowest BCUT2D eigenvalue weighted by atomic mass is 9.80. The molecule has 168 valence electrons. The van der Waals surface area contributed by atoms with E-state index in [0.29, 0.717) is 12.8 Å². The molecule has 0 spiro atoms. The molecule has 0 aromatic heterocycles. The van der Waals surface area contributed by atoms with Crippen molar-refractivity contribution in [1.29, 1.82) is 0 Å². The Morgan fingerprint density at radius 3 is 2.03 bits per heavy atom. The number of alkyl halides is 3. The van der Waals surface area contributed by atoms with Gasteiger partial charge in [-0.3, -0.25) is 0 Å². The van der Waals surface area contributed by atoms with Crippen molar-refractivity contribution in [3.63, 3.8) is 0 Å². The molecule has 2 fully saturated rings. The minimum Gasteiger partial charge on any atom is -0.448 e. The molecule has 4 nitrogen and oxygen atoms in total. The van der Waals surface area contributed by atoms with Crippen LogP contribution in [0, 0.1) is 0 Å². The van der Waals surface area contributed by atoms with E-state index in [-0.39, 0.29) is 25.4 Å². The zero-order valence-corrected chi connectivity index (χ0v) is 17.4. The summed E-state index contributed by atoms with van der Waals surface area (Å²) in [6.45, 7) is 3.26. The normalized spacial score (nSPS) is 26.6. The number of carbonyl (C=O) groups excluding carboxylic acids is 1. The van der Waals surface area contributed by atoms with Crippen molar-refractivity contribution in [3.8, 4) is 11.1 Å². The van der Waals surface area contributed by atoms with Gasteiger partial charge < -0.3 is 14.7 Å². The van der Waals surface area contributed by atoms with E-state index in [1.54, 1.807) is 0 Å². The molecule has 5 rings (SSSR count). The maximum atomic E-state index is 13.2. The molecule has 3 aliphatic rings. The van der Waals surface area contributed by atoms with E-state index < -0.39 is 35.5 Å². The zero-order chi connectivity index (χ0) is 22.7. The summed E-state index contributed by atoms with van der Waals surface area (Å²) in [5.41, 5.74) is 1.27. The van der Waals surface area contributed by atoms with Gasteiger partial charge in [0.2, 0.25) is 0 Å². The van der Waals surface area contributed by atoms with Crippen LogP contribution in [0.15, 0.2) is 60.7 Å². The molecule has 2 heterocycles. The Kier molecular flexibility index (Phi) is 4.85. The van der Waals surface area contributed by atoms with Gasteiger partial charge in [0.1, 0.15) is 6.61 Å². The lowest BCUT2D eigenvalue weighted by Crippen LogP contribution is -2.55. The molecule has 2 unspecified atom stereocenters. The first-order valence-electron chi connectivity index (χ1n) is 10.8. The molecule has 2 bridgehead atoms. The summed E-state index contributed by atoms with van der Waals surface area (Å²) in [6, 6.07) is 15.0. The highest BCUT2D eigenvalue weighted by Crippen LogP contribution is 2.48. The molecule has 2 atom stereocenters. The van der Waals surface area contributed by atoms with Gasteiger partial charge in [0.05, 0.1) is 11.2 Å². The molecular formula is C25H24F3NO3. The standard InChI is InChI=1S/C25H24F3NO3/c1-15(25(26,27)28)24(31)12-16-10-11-17(13-24)29(16)23(30)32-14-22-20-8-4-2-6-18(20)19-7-3-5-9-21(19)22/h2-9,16-17,22,31H,1,10-14H2. The molecule has 1 aliphatic carbocycles.